The summed E-state index contributed by atoms with van der Waals surface area (Å²) in [5.74, 6) is 0. The number of hydrogen-bond acceptors (Lipinski definition) is 4. The number of carbonyl (C=O) groups is 1. The maximum absolute atomic E-state index is 12.0. The second-order valence-electron chi connectivity index (χ2n) is 5.61. The van der Waals surface area contributed by atoms with Gasteiger partial charge in [0.05, 0.1) is 13.2 Å². The number of allylic oxidation sites excluding steroid dienone is 1. The Balaban J connectivity index is 2.58. The number of carbonyl (C=O) groups excluding carboxylic acids is 1. The quantitative estimate of drug-likeness (QED) is 0.298. The van der Waals surface area contributed by atoms with Gasteiger partial charge >= 0.3 is 6.09 Å². The molecule has 1 atom stereocenters. The molecule has 0 saturated carbocycles. The molecule has 1 heterocycles. The van der Waals surface area contributed by atoms with E-state index in [9.17, 15) is 4.79 Å². The van der Waals surface area contributed by atoms with Crippen LogP contribution in [-0.2, 0) is 9.47 Å². The van der Waals surface area contributed by atoms with Crippen LogP contribution in [0.4, 0.5) is 4.79 Å². The number of hydrogen-bond donors (Lipinski definition) is 0. The van der Waals surface area contributed by atoms with Crippen molar-refractivity contribution in [2.24, 2.45) is 5.10 Å². The summed E-state index contributed by atoms with van der Waals surface area (Å²) < 4.78 is 11.3. The van der Waals surface area contributed by atoms with E-state index in [-0.39, 0.29) is 11.3 Å². The van der Waals surface area contributed by atoms with Gasteiger partial charge in [0.2, 0.25) is 6.73 Å². The van der Waals surface area contributed by atoms with Crippen LogP contribution in [-0.4, -0.2) is 42.4 Å². The van der Waals surface area contributed by atoms with E-state index >= 15 is 0 Å². The average molecular weight is 397 g/mol. The molecule has 1 rings (SSSR count). The van der Waals surface area contributed by atoms with Crippen LogP contribution in [0.3, 0.4) is 0 Å². The van der Waals surface area contributed by atoms with Crippen LogP contribution in [0.5, 0.6) is 0 Å². The zero-order valence-electron chi connectivity index (χ0n) is 12.0. The van der Waals surface area contributed by atoms with Gasteiger partial charge in [0.15, 0.2) is 3.72 Å². The van der Waals surface area contributed by atoms with Gasteiger partial charge in [0.25, 0.3) is 0 Å². The summed E-state index contributed by atoms with van der Waals surface area (Å²) in [5, 5.41) is 4.31. The Morgan fingerprint density at radius 3 is 2.63 bits per heavy atom. The molecule has 0 spiro atoms. The fraction of sp³-hybridized carbons (Fsp3) is 0.667. The monoisotopic (exact) mass is 397 g/mol. The predicted molar refractivity (Wildman–Crippen MR) is 86.8 cm³/mol. The second kappa shape index (κ2) is 6.96. The number of nitrogens with zero attached hydrogens (tertiary/aromatic N) is 2. The van der Waals surface area contributed by atoms with Crippen LogP contribution < -0.4 is 0 Å². The Morgan fingerprint density at radius 1 is 1.47 bits per heavy atom. The van der Waals surface area contributed by atoms with Crippen LogP contribution >= 0.6 is 22.6 Å². The maximum Gasteiger partial charge on any atom is 0.550 e. The summed E-state index contributed by atoms with van der Waals surface area (Å²) in [5.41, 5.74) is 0. The van der Waals surface area contributed by atoms with Gasteiger partial charge in [-0.3, -0.25) is 0 Å². The van der Waals surface area contributed by atoms with E-state index in [0.717, 1.165) is 9.76 Å². The summed E-state index contributed by atoms with van der Waals surface area (Å²) >= 11 is 2.08. The zero-order valence-corrected chi connectivity index (χ0v) is 15.1. The summed E-state index contributed by atoms with van der Waals surface area (Å²) in [4.78, 5) is 12.0. The van der Waals surface area contributed by atoms with Gasteiger partial charge in [-0.15, -0.1) is 0 Å². The molecular formula is C12H22IN2O3Si+. The molecule has 0 aliphatic carbocycles. The van der Waals surface area contributed by atoms with Gasteiger partial charge in [0.1, 0.15) is 6.20 Å². The van der Waals surface area contributed by atoms with Gasteiger partial charge in [0, 0.05) is 14.1 Å². The van der Waals surface area contributed by atoms with Crippen molar-refractivity contribution in [3.8, 4) is 0 Å². The Morgan fingerprint density at radius 2 is 2.16 bits per heavy atom. The summed E-state index contributed by atoms with van der Waals surface area (Å²) in [7, 11) is -1.12. The van der Waals surface area contributed by atoms with Gasteiger partial charge in [-0.2, -0.15) is 4.79 Å². The minimum absolute atomic E-state index is 0.201. The van der Waals surface area contributed by atoms with Crippen molar-refractivity contribution >= 4 is 40.5 Å². The van der Waals surface area contributed by atoms with E-state index in [0.29, 0.717) is 13.2 Å². The van der Waals surface area contributed by atoms with Crippen molar-refractivity contribution in [2.45, 2.75) is 32.6 Å². The molecule has 0 aromatic heterocycles. The summed E-state index contributed by atoms with van der Waals surface area (Å²) in [6.45, 7) is 9.87. The number of amides is 1. The molecule has 108 valence electrons. The highest BCUT2D eigenvalue weighted by atomic mass is 127. The van der Waals surface area contributed by atoms with Crippen molar-refractivity contribution in [1.82, 2.24) is 0 Å². The third-order valence-corrected chi connectivity index (χ3v) is 4.88. The minimum Gasteiger partial charge on any atom is -0.418 e. The molecule has 1 aliphatic heterocycles. The minimum atomic E-state index is -1.12. The maximum atomic E-state index is 12.0. The van der Waals surface area contributed by atoms with Gasteiger partial charge in [-0.1, -0.05) is 24.7 Å². The van der Waals surface area contributed by atoms with Crippen molar-refractivity contribution in [3.63, 3.8) is 0 Å². The predicted octanol–water partition coefficient (Wildman–Crippen LogP) is 3.55. The Kier molecular flexibility index (Phi) is 6.15. The Labute approximate surface area is 129 Å². The van der Waals surface area contributed by atoms with E-state index in [2.05, 4.69) is 47.3 Å². The first-order valence-corrected chi connectivity index (χ1v) is 11.2. The number of rotatable bonds is 6. The smallest absolute Gasteiger partial charge is 0.418 e. The fourth-order valence-corrected chi connectivity index (χ4v) is 2.77. The third-order valence-electron chi connectivity index (χ3n) is 2.60. The SMILES string of the molecule is CCOC(=O)[N+]1(COCC[Si](C)(C)C)C=CC(I)=N1. The molecule has 0 saturated heterocycles. The van der Waals surface area contributed by atoms with Crippen molar-refractivity contribution in [1.29, 1.82) is 0 Å². The average Bonchev–Trinajstić information content (AvgIpc) is 2.67. The van der Waals surface area contributed by atoms with Crippen molar-refractivity contribution < 1.29 is 18.9 Å². The Hall–Kier alpha value is -0.253. The molecule has 0 fully saturated rings. The highest BCUT2D eigenvalue weighted by molar-refractivity contribution is 14.1. The Bertz CT molecular complexity index is 393. The molecule has 0 bridgehead atoms. The van der Waals surface area contributed by atoms with Crippen LogP contribution in [0.1, 0.15) is 6.92 Å². The first-order chi connectivity index (χ1) is 8.79. The topological polar surface area (TPSA) is 47.9 Å². The largest absolute Gasteiger partial charge is 0.550 e. The molecule has 1 unspecified atom stereocenters. The van der Waals surface area contributed by atoms with Crippen LogP contribution in [0.25, 0.3) is 0 Å². The summed E-state index contributed by atoms with van der Waals surface area (Å²) in [6.07, 6.45) is 3.13. The van der Waals surface area contributed by atoms with E-state index in [1.54, 1.807) is 19.2 Å². The van der Waals surface area contributed by atoms with Gasteiger partial charge in [-0.05, 0) is 40.2 Å². The molecule has 7 heteroatoms. The van der Waals surface area contributed by atoms with E-state index in [4.69, 9.17) is 9.47 Å². The van der Waals surface area contributed by atoms with E-state index in [1.807, 2.05) is 0 Å². The lowest BCUT2D eigenvalue weighted by Gasteiger charge is -2.22. The number of quaternary nitrogens is 1. The highest BCUT2D eigenvalue weighted by Gasteiger charge is 2.41. The number of ether oxygens (including phenoxy) is 2. The molecule has 0 radical (unpaired) electrons. The molecule has 0 N–H and O–H groups in total. The normalized spacial score (nSPS) is 22.5. The molecule has 0 aromatic rings. The molecular weight excluding hydrogens is 375 g/mol. The van der Waals surface area contributed by atoms with Gasteiger partial charge < -0.3 is 9.47 Å². The van der Waals surface area contributed by atoms with E-state index in [1.165, 1.54) is 0 Å². The first kappa shape index (κ1) is 16.8. The van der Waals surface area contributed by atoms with Crippen LogP contribution in [0, 0.1) is 0 Å². The van der Waals surface area contributed by atoms with Crippen molar-refractivity contribution in [3.05, 3.63) is 12.3 Å². The lowest BCUT2D eigenvalue weighted by molar-refractivity contribution is -0.832. The number of halogens is 1. The lowest BCUT2D eigenvalue weighted by atomic mass is 10.6. The molecule has 19 heavy (non-hydrogen) atoms. The lowest BCUT2D eigenvalue weighted by Crippen LogP contribution is -2.44. The summed E-state index contributed by atoms with van der Waals surface area (Å²) in [6, 6.07) is 1.07. The molecule has 1 aliphatic rings. The zero-order chi connectivity index (χ0) is 14.5. The first-order valence-electron chi connectivity index (χ1n) is 6.37. The third kappa shape index (κ3) is 5.33. The standard InChI is InChI=1S/C12H22IN2O3Si/c1-5-18-12(16)15(7-6-11(13)14-15)10-17-8-9-19(2,3)4/h6-7H,5,8-10H2,1-4H3/q+1. The molecule has 5 nitrogen and oxygen atoms in total. The van der Waals surface area contributed by atoms with Crippen LogP contribution in [0.2, 0.25) is 25.7 Å². The molecule has 0 aromatic carbocycles. The molecule has 1 amide bonds. The second-order valence-corrected chi connectivity index (χ2v) is 12.3. The van der Waals surface area contributed by atoms with E-state index < -0.39 is 14.2 Å². The van der Waals surface area contributed by atoms with Crippen molar-refractivity contribution in [2.75, 3.05) is 19.9 Å². The van der Waals surface area contributed by atoms with Gasteiger partial charge in [-0.25, -0.2) is 0 Å². The fourth-order valence-electron chi connectivity index (χ4n) is 1.47. The highest BCUT2D eigenvalue weighted by Crippen LogP contribution is 2.21. The van der Waals surface area contributed by atoms with Crippen LogP contribution in [0.15, 0.2) is 17.4 Å².